The molecule has 1 N–H and O–H groups in total. The average molecular weight is 269 g/mol. The van der Waals surface area contributed by atoms with Crippen molar-refractivity contribution in [2.45, 2.75) is 26.4 Å². The van der Waals surface area contributed by atoms with E-state index in [1.54, 1.807) is 13.0 Å². The van der Waals surface area contributed by atoms with Crippen LogP contribution in [0, 0.1) is 19.7 Å². The molecule has 0 amide bonds. The van der Waals surface area contributed by atoms with Gasteiger partial charge in [0.15, 0.2) is 0 Å². The van der Waals surface area contributed by atoms with Gasteiger partial charge in [-0.3, -0.25) is 0 Å². The van der Waals surface area contributed by atoms with Crippen LogP contribution in [0.4, 0.5) is 4.39 Å². The molecule has 1 unspecified atom stereocenters. The van der Waals surface area contributed by atoms with Gasteiger partial charge in [-0.2, -0.15) is 0 Å². The lowest BCUT2D eigenvalue weighted by atomic mass is 10.0. The van der Waals surface area contributed by atoms with Crippen LogP contribution in [-0.4, -0.2) is 5.11 Å². The van der Waals surface area contributed by atoms with Crippen LogP contribution in [0.2, 0.25) is 5.02 Å². The zero-order valence-electron chi connectivity index (χ0n) is 10.2. The van der Waals surface area contributed by atoms with Crippen molar-refractivity contribution in [2.75, 3.05) is 0 Å². The van der Waals surface area contributed by atoms with Crippen molar-refractivity contribution in [2.24, 2.45) is 0 Å². The Hall–Kier alpha value is -1.32. The first kappa shape index (κ1) is 13.1. The summed E-state index contributed by atoms with van der Waals surface area (Å²) in [6, 6.07) is 5.92. The molecule has 1 heterocycles. The first-order chi connectivity index (χ1) is 8.47. The highest BCUT2D eigenvalue weighted by Gasteiger charge is 2.16. The van der Waals surface area contributed by atoms with Crippen LogP contribution >= 0.6 is 11.6 Å². The topological polar surface area (TPSA) is 33.4 Å². The van der Waals surface area contributed by atoms with E-state index < -0.39 is 6.10 Å². The molecule has 96 valence electrons. The maximum Gasteiger partial charge on any atom is 0.123 e. The minimum Gasteiger partial charge on any atom is -0.466 e. The number of hydrogen-bond acceptors (Lipinski definition) is 2. The zero-order chi connectivity index (χ0) is 13.3. The van der Waals surface area contributed by atoms with Crippen LogP contribution in [0.15, 0.2) is 28.7 Å². The van der Waals surface area contributed by atoms with Gasteiger partial charge in [-0.05, 0) is 43.7 Å². The third-order valence-electron chi connectivity index (χ3n) is 2.86. The predicted octanol–water partition coefficient (Wildman–Crippen LogP) is 3.97. The number of benzene rings is 1. The highest BCUT2D eigenvalue weighted by Crippen LogP contribution is 2.27. The molecule has 0 aliphatic rings. The van der Waals surface area contributed by atoms with Crippen LogP contribution in [0.3, 0.4) is 0 Å². The molecule has 0 fully saturated rings. The van der Waals surface area contributed by atoms with Gasteiger partial charge in [-0.1, -0.05) is 11.6 Å². The summed E-state index contributed by atoms with van der Waals surface area (Å²) in [5.74, 6) is 1.06. The monoisotopic (exact) mass is 268 g/mol. The molecular formula is C14H14ClFO2. The maximum absolute atomic E-state index is 13.1. The lowest BCUT2D eigenvalue weighted by Crippen LogP contribution is -2.03. The average Bonchev–Trinajstić information content (AvgIpc) is 2.63. The summed E-state index contributed by atoms with van der Waals surface area (Å²) < 4.78 is 18.5. The number of hydrogen-bond donors (Lipinski definition) is 1. The van der Waals surface area contributed by atoms with E-state index in [9.17, 15) is 9.50 Å². The molecular weight excluding hydrogens is 255 g/mol. The molecule has 0 aliphatic heterocycles. The number of furan rings is 1. The van der Waals surface area contributed by atoms with E-state index in [-0.39, 0.29) is 12.2 Å². The largest absolute Gasteiger partial charge is 0.466 e. The summed E-state index contributed by atoms with van der Waals surface area (Å²) in [6.07, 6.45) is -0.488. The van der Waals surface area contributed by atoms with Gasteiger partial charge in [0, 0.05) is 17.0 Å². The summed E-state index contributed by atoms with van der Waals surface area (Å²) in [5, 5.41) is 10.6. The molecule has 4 heteroatoms. The normalized spacial score (nSPS) is 12.7. The maximum atomic E-state index is 13.1. The molecule has 0 spiro atoms. The number of rotatable bonds is 3. The van der Waals surface area contributed by atoms with Crippen LogP contribution in [-0.2, 0) is 6.42 Å². The minimum atomic E-state index is -0.748. The Balaban J connectivity index is 2.23. The van der Waals surface area contributed by atoms with E-state index in [4.69, 9.17) is 16.0 Å². The van der Waals surface area contributed by atoms with E-state index in [1.165, 1.54) is 18.2 Å². The fraction of sp³-hybridized carbons (Fsp3) is 0.286. The van der Waals surface area contributed by atoms with Gasteiger partial charge in [-0.25, -0.2) is 4.39 Å². The molecule has 18 heavy (non-hydrogen) atoms. The summed E-state index contributed by atoms with van der Waals surface area (Å²) in [5.41, 5.74) is 1.30. The third kappa shape index (κ3) is 2.74. The smallest absolute Gasteiger partial charge is 0.123 e. The molecule has 0 saturated heterocycles. The van der Waals surface area contributed by atoms with Crippen molar-refractivity contribution in [1.82, 2.24) is 0 Å². The standard InChI is InChI=1S/C14H14ClFO2/c1-8-5-12(9(2)18-8)14(17)7-10-6-11(16)3-4-13(10)15/h3-6,14,17H,7H2,1-2H3. The number of aliphatic hydroxyl groups is 1. The first-order valence-corrected chi connectivity index (χ1v) is 6.04. The van der Waals surface area contributed by atoms with Crippen molar-refractivity contribution in [3.63, 3.8) is 0 Å². The van der Waals surface area contributed by atoms with Gasteiger partial charge in [0.1, 0.15) is 17.3 Å². The second kappa shape index (κ2) is 5.12. The molecule has 1 atom stereocenters. The van der Waals surface area contributed by atoms with Crippen LogP contribution < -0.4 is 0 Å². The van der Waals surface area contributed by atoms with Crippen molar-refractivity contribution in [3.05, 3.63) is 57.8 Å². The number of aliphatic hydroxyl groups excluding tert-OH is 1. The van der Waals surface area contributed by atoms with Crippen LogP contribution in [0.5, 0.6) is 0 Å². The molecule has 0 bridgehead atoms. The highest BCUT2D eigenvalue weighted by molar-refractivity contribution is 6.31. The predicted molar refractivity (Wildman–Crippen MR) is 68.3 cm³/mol. The molecule has 0 radical (unpaired) electrons. The molecule has 0 saturated carbocycles. The molecule has 1 aromatic carbocycles. The quantitative estimate of drug-likeness (QED) is 0.914. The number of halogens is 2. The van der Waals surface area contributed by atoms with E-state index >= 15 is 0 Å². The van der Waals surface area contributed by atoms with Crippen molar-refractivity contribution in [3.8, 4) is 0 Å². The van der Waals surface area contributed by atoms with E-state index in [0.717, 1.165) is 5.76 Å². The van der Waals surface area contributed by atoms with E-state index in [0.29, 0.717) is 21.9 Å². The summed E-state index contributed by atoms with van der Waals surface area (Å²) in [4.78, 5) is 0. The molecule has 2 nitrogen and oxygen atoms in total. The van der Waals surface area contributed by atoms with Crippen molar-refractivity contribution in [1.29, 1.82) is 0 Å². The van der Waals surface area contributed by atoms with Gasteiger partial charge in [0.2, 0.25) is 0 Å². The second-order valence-corrected chi connectivity index (χ2v) is 4.73. The summed E-state index contributed by atoms with van der Waals surface area (Å²) in [6.45, 7) is 3.61. The highest BCUT2D eigenvalue weighted by atomic mass is 35.5. The Morgan fingerprint density at radius 3 is 2.67 bits per heavy atom. The Morgan fingerprint density at radius 2 is 2.06 bits per heavy atom. The Kier molecular flexibility index (Phi) is 3.73. The van der Waals surface area contributed by atoms with Gasteiger partial charge in [0.25, 0.3) is 0 Å². The number of aryl methyl sites for hydroxylation is 2. The minimum absolute atomic E-state index is 0.260. The molecule has 0 aliphatic carbocycles. The van der Waals surface area contributed by atoms with Crippen molar-refractivity contribution >= 4 is 11.6 Å². The van der Waals surface area contributed by atoms with E-state index in [2.05, 4.69) is 0 Å². The van der Waals surface area contributed by atoms with Gasteiger partial charge in [0.05, 0.1) is 6.10 Å². The SMILES string of the molecule is Cc1cc(C(O)Cc2cc(F)ccc2Cl)c(C)o1. The van der Waals surface area contributed by atoms with Crippen LogP contribution in [0.25, 0.3) is 0 Å². The lowest BCUT2D eigenvalue weighted by Gasteiger charge is -2.11. The van der Waals surface area contributed by atoms with Crippen molar-refractivity contribution < 1.29 is 13.9 Å². The third-order valence-corrected chi connectivity index (χ3v) is 3.23. The van der Waals surface area contributed by atoms with Gasteiger partial charge >= 0.3 is 0 Å². The van der Waals surface area contributed by atoms with Gasteiger partial charge in [-0.15, -0.1) is 0 Å². The molecule has 2 rings (SSSR count). The zero-order valence-corrected chi connectivity index (χ0v) is 11.0. The lowest BCUT2D eigenvalue weighted by molar-refractivity contribution is 0.176. The van der Waals surface area contributed by atoms with Gasteiger partial charge < -0.3 is 9.52 Å². The Morgan fingerprint density at radius 1 is 1.33 bits per heavy atom. The summed E-state index contributed by atoms with van der Waals surface area (Å²) in [7, 11) is 0. The fourth-order valence-corrected chi connectivity index (χ4v) is 2.19. The van der Waals surface area contributed by atoms with E-state index in [1.807, 2.05) is 6.92 Å². The molecule has 2 aromatic rings. The second-order valence-electron chi connectivity index (χ2n) is 4.32. The molecule has 1 aromatic heterocycles. The van der Waals surface area contributed by atoms with Crippen LogP contribution in [0.1, 0.15) is 28.8 Å². The Bertz CT molecular complexity index is 563. The fourth-order valence-electron chi connectivity index (χ4n) is 2.00. The first-order valence-electron chi connectivity index (χ1n) is 5.66. The Labute approximate surface area is 110 Å². The summed E-state index contributed by atoms with van der Waals surface area (Å²) >= 11 is 5.97.